The summed E-state index contributed by atoms with van der Waals surface area (Å²) in [4.78, 5) is 18.7. The van der Waals surface area contributed by atoms with Crippen molar-refractivity contribution >= 4 is 35.8 Å². The normalized spacial score (nSPS) is 15.2. The molecular formula is C20H33IN4O. The van der Waals surface area contributed by atoms with Crippen LogP contribution in [0.2, 0.25) is 0 Å². The first-order valence-electron chi connectivity index (χ1n) is 9.55. The third-order valence-electron chi connectivity index (χ3n) is 4.58. The minimum Gasteiger partial charge on any atom is -0.357 e. The summed E-state index contributed by atoms with van der Waals surface area (Å²) in [5.41, 5.74) is 2.51. The van der Waals surface area contributed by atoms with E-state index < -0.39 is 0 Å². The van der Waals surface area contributed by atoms with E-state index in [-0.39, 0.29) is 24.0 Å². The largest absolute Gasteiger partial charge is 0.357 e. The highest BCUT2D eigenvalue weighted by Crippen LogP contribution is 2.11. The molecule has 1 aliphatic heterocycles. The summed E-state index contributed by atoms with van der Waals surface area (Å²) < 4.78 is 0. The number of carbonyl (C=O) groups is 1. The fourth-order valence-corrected chi connectivity index (χ4v) is 3.05. The molecule has 1 saturated heterocycles. The van der Waals surface area contributed by atoms with Gasteiger partial charge in [0.1, 0.15) is 0 Å². The number of aliphatic imine (C=N–C) groups is 1. The average molecular weight is 472 g/mol. The van der Waals surface area contributed by atoms with Crippen LogP contribution in [0.1, 0.15) is 50.2 Å². The highest BCUT2D eigenvalue weighted by atomic mass is 127. The number of carbonyl (C=O) groups excluding carboxylic acids is 1. The molecule has 6 heteroatoms. The van der Waals surface area contributed by atoms with Gasteiger partial charge in [0.25, 0.3) is 0 Å². The number of aryl methyl sites for hydroxylation is 1. The molecule has 1 aromatic carbocycles. The molecule has 0 saturated carbocycles. The van der Waals surface area contributed by atoms with E-state index >= 15 is 0 Å². The van der Waals surface area contributed by atoms with Gasteiger partial charge in [0.2, 0.25) is 5.91 Å². The molecule has 146 valence electrons. The first-order valence-corrected chi connectivity index (χ1v) is 9.55. The molecule has 1 amide bonds. The molecule has 1 aromatic rings. The molecule has 2 rings (SSSR count). The fraction of sp³-hybridized carbons (Fsp3) is 0.600. The standard InChI is InChI=1S/C20H32N4O.HI/c1-3-21-20(23-16-18-11-7-6-10-17(18)2)22-13-9-15-24-14-8-4-5-12-19(24)25;/h6-7,10-11H,3-5,8-9,12-16H2,1-2H3,(H2,21,22,23);1H. The van der Waals surface area contributed by atoms with Crippen molar-refractivity contribution < 1.29 is 4.79 Å². The number of rotatable bonds is 7. The molecule has 0 aromatic heterocycles. The minimum absolute atomic E-state index is 0. The van der Waals surface area contributed by atoms with Gasteiger partial charge in [-0.2, -0.15) is 0 Å². The maximum Gasteiger partial charge on any atom is 0.222 e. The van der Waals surface area contributed by atoms with Gasteiger partial charge in [0.15, 0.2) is 5.96 Å². The van der Waals surface area contributed by atoms with Gasteiger partial charge in [0.05, 0.1) is 6.54 Å². The van der Waals surface area contributed by atoms with E-state index in [1.807, 2.05) is 4.90 Å². The van der Waals surface area contributed by atoms with Crippen molar-refractivity contribution in [1.29, 1.82) is 0 Å². The minimum atomic E-state index is 0. The van der Waals surface area contributed by atoms with Crippen molar-refractivity contribution in [3.8, 4) is 0 Å². The van der Waals surface area contributed by atoms with Gasteiger partial charge < -0.3 is 15.5 Å². The topological polar surface area (TPSA) is 56.7 Å². The van der Waals surface area contributed by atoms with Crippen molar-refractivity contribution in [2.75, 3.05) is 26.2 Å². The summed E-state index contributed by atoms with van der Waals surface area (Å²) >= 11 is 0. The van der Waals surface area contributed by atoms with Crippen LogP contribution in [0.3, 0.4) is 0 Å². The Balaban J connectivity index is 0.00000338. The molecule has 2 N–H and O–H groups in total. The van der Waals surface area contributed by atoms with E-state index in [1.165, 1.54) is 17.5 Å². The van der Waals surface area contributed by atoms with Crippen LogP contribution >= 0.6 is 24.0 Å². The molecule has 26 heavy (non-hydrogen) atoms. The molecule has 0 spiro atoms. The highest BCUT2D eigenvalue weighted by Gasteiger charge is 2.15. The van der Waals surface area contributed by atoms with Crippen molar-refractivity contribution in [3.05, 3.63) is 35.4 Å². The van der Waals surface area contributed by atoms with Crippen molar-refractivity contribution in [2.24, 2.45) is 4.99 Å². The first kappa shape index (κ1) is 22.7. The lowest BCUT2D eigenvalue weighted by atomic mass is 10.1. The molecule has 1 aliphatic rings. The lowest BCUT2D eigenvalue weighted by Gasteiger charge is -2.20. The Hall–Kier alpha value is -1.31. The van der Waals surface area contributed by atoms with Crippen LogP contribution in [0, 0.1) is 6.92 Å². The van der Waals surface area contributed by atoms with Crippen LogP contribution in [0.4, 0.5) is 0 Å². The molecule has 1 fully saturated rings. The number of guanidine groups is 1. The summed E-state index contributed by atoms with van der Waals surface area (Å²) in [5.74, 6) is 1.16. The molecule has 0 radical (unpaired) electrons. The maximum atomic E-state index is 12.0. The second-order valence-corrected chi connectivity index (χ2v) is 6.59. The van der Waals surface area contributed by atoms with E-state index in [9.17, 15) is 4.79 Å². The van der Waals surface area contributed by atoms with Crippen LogP contribution in [-0.4, -0.2) is 42.9 Å². The third kappa shape index (κ3) is 7.93. The summed E-state index contributed by atoms with van der Waals surface area (Å²) in [5, 5.41) is 6.67. The Morgan fingerprint density at radius 3 is 2.77 bits per heavy atom. The van der Waals surface area contributed by atoms with Crippen LogP contribution in [0.15, 0.2) is 29.3 Å². The molecular weight excluding hydrogens is 439 g/mol. The van der Waals surface area contributed by atoms with Crippen molar-refractivity contribution in [2.45, 2.75) is 52.5 Å². The number of likely N-dealkylation sites (tertiary alicyclic amines) is 1. The van der Waals surface area contributed by atoms with Crippen LogP contribution in [0.5, 0.6) is 0 Å². The monoisotopic (exact) mass is 472 g/mol. The average Bonchev–Trinajstić information content (AvgIpc) is 2.82. The zero-order valence-corrected chi connectivity index (χ0v) is 18.4. The molecule has 0 atom stereocenters. The first-order chi connectivity index (χ1) is 12.2. The van der Waals surface area contributed by atoms with Gasteiger partial charge >= 0.3 is 0 Å². The highest BCUT2D eigenvalue weighted by molar-refractivity contribution is 14.0. The van der Waals surface area contributed by atoms with E-state index in [1.54, 1.807) is 0 Å². The number of hydrogen-bond acceptors (Lipinski definition) is 2. The summed E-state index contributed by atoms with van der Waals surface area (Å²) in [6.07, 6.45) is 5.02. The van der Waals surface area contributed by atoms with Gasteiger partial charge in [-0.25, -0.2) is 4.99 Å². The van der Waals surface area contributed by atoms with Gasteiger partial charge in [-0.1, -0.05) is 30.7 Å². The lowest BCUT2D eigenvalue weighted by Crippen LogP contribution is -2.39. The number of hydrogen-bond donors (Lipinski definition) is 2. The van der Waals surface area contributed by atoms with Crippen LogP contribution in [-0.2, 0) is 11.3 Å². The Kier molecular flexibility index (Phi) is 11.3. The SMILES string of the molecule is CCNC(=NCc1ccccc1C)NCCCN1CCCCCC1=O.I. The number of nitrogens with zero attached hydrogens (tertiary/aromatic N) is 2. The zero-order chi connectivity index (χ0) is 17.9. The molecule has 5 nitrogen and oxygen atoms in total. The number of amides is 1. The molecule has 0 aliphatic carbocycles. The van der Waals surface area contributed by atoms with Gasteiger partial charge in [-0.15, -0.1) is 24.0 Å². The Morgan fingerprint density at radius 1 is 1.19 bits per heavy atom. The third-order valence-corrected chi connectivity index (χ3v) is 4.58. The second kappa shape index (κ2) is 12.9. The Morgan fingerprint density at radius 2 is 2.00 bits per heavy atom. The second-order valence-electron chi connectivity index (χ2n) is 6.59. The van der Waals surface area contributed by atoms with E-state index in [2.05, 4.69) is 53.7 Å². The number of benzene rings is 1. The Bertz CT molecular complexity index is 577. The Labute approximate surface area is 175 Å². The van der Waals surface area contributed by atoms with Gasteiger partial charge in [-0.3, -0.25) is 4.79 Å². The lowest BCUT2D eigenvalue weighted by molar-refractivity contribution is -0.130. The van der Waals surface area contributed by atoms with Crippen molar-refractivity contribution in [1.82, 2.24) is 15.5 Å². The number of halogens is 1. The zero-order valence-electron chi connectivity index (χ0n) is 16.1. The van der Waals surface area contributed by atoms with E-state index in [0.29, 0.717) is 18.9 Å². The van der Waals surface area contributed by atoms with Crippen LogP contribution < -0.4 is 10.6 Å². The summed E-state index contributed by atoms with van der Waals surface area (Å²) in [7, 11) is 0. The van der Waals surface area contributed by atoms with E-state index in [0.717, 1.165) is 51.4 Å². The fourth-order valence-electron chi connectivity index (χ4n) is 3.05. The quantitative estimate of drug-likeness (QED) is 0.277. The van der Waals surface area contributed by atoms with Crippen LogP contribution in [0.25, 0.3) is 0 Å². The predicted octanol–water partition coefficient (Wildman–Crippen LogP) is 3.46. The smallest absolute Gasteiger partial charge is 0.222 e. The molecule has 1 heterocycles. The van der Waals surface area contributed by atoms with Gasteiger partial charge in [0, 0.05) is 32.6 Å². The summed E-state index contributed by atoms with van der Waals surface area (Å²) in [6, 6.07) is 8.34. The predicted molar refractivity (Wildman–Crippen MR) is 119 cm³/mol. The molecule has 0 bridgehead atoms. The van der Waals surface area contributed by atoms with Crippen molar-refractivity contribution in [3.63, 3.8) is 0 Å². The van der Waals surface area contributed by atoms with E-state index in [4.69, 9.17) is 0 Å². The maximum absolute atomic E-state index is 12.0. The number of nitrogens with one attached hydrogen (secondary N) is 2. The molecule has 0 unspecified atom stereocenters. The summed E-state index contributed by atoms with van der Waals surface area (Å²) in [6.45, 7) is 8.27. The van der Waals surface area contributed by atoms with Gasteiger partial charge in [-0.05, 0) is 44.2 Å².